The fourth-order valence-electron chi connectivity index (χ4n) is 3.75. The van der Waals surface area contributed by atoms with E-state index >= 15 is 0 Å². The molecular formula is C23H24ClNO6S. The first kappa shape index (κ1) is 22.8. The molecule has 2 aromatic carbocycles. The van der Waals surface area contributed by atoms with Crippen molar-refractivity contribution >= 4 is 27.6 Å². The van der Waals surface area contributed by atoms with Gasteiger partial charge in [-0.2, -0.15) is 4.31 Å². The van der Waals surface area contributed by atoms with Gasteiger partial charge >= 0.3 is 5.97 Å². The maximum Gasteiger partial charge on any atom is 0.330 e. The number of nitrogens with zero attached hydrogens (tertiary/aromatic N) is 1. The fourth-order valence-corrected chi connectivity index (χ4v) is 5.44. The Hall–Kier alpha value is -2.39. The van der Waals surface area contributed by atoms with Crippen LogP contribution in [0.5, 0.6) is 5.75 Å². The minimum atomic E-state index is -3.54. The van der Waals surface area contributed by atoms with Gasteiger partial charge in [-0.15, -0.1) is 0 Å². The number of esters is 1. The molecule has 1 unspecified atom stereocenters. The summed E-state index contributed by atoms with van der Waals surface area (Å²) in [6.45, 7) is 3.59. The number of sulfonamides is 1. The number of carbonyl (C=O) groups is 1. The Bertz CT molecular complexity index is 1120. The second-order valence-electron chi connectivity index (χ2n) is 7.46. The number of ether oxygens (including phenoxy) is 3. The SMILES string of the molecule is CCOC(=O)/C=C/C1Cc2cc(-c3ccc(S(=O)(=O)N4CCOCC4)cc3)cc(Cl)c2O1. The number of fused-ring (bicyclic) bond motifs is 1. The third-order valence-electron chi connectivity index (χ3n) is 5.34. The highest BCUT2D eigenvalue weighted by molar-refractivity contribution is 7.89. The first-order valence-electron chi connectivity index (χ1n) is 10.4. The molecule has 2 heterocycles. The Morgan fingerprint density at radius 2 is 1.91 bits per heavy atom. The maximum absolute atomic E-state index is 12.8. The summed E-state index contributed by atoms with van der Waals surface area (Å²) >= 11 is 6.45. The lowest BCUT2D eigenvalue weighted by atomic mass is 10.0. The van der Waals surface area contributed by atoms with E-state index in [-0.39, 0.29) is 11.0 Å². The number of hydrogen-bond donors (Lipinski definition) is 0. The summed E-state index contributed by atoms with van der Waals surface area (Å²) in [5.74, 6) is 0.186. The standard InChI is InChI=1S/C23H24ClNO6S/c1-2-30-22(26)8-5-19-14-18-13-17(15-21(24)23(18)31-19)16-3-6-20(7-4-16)32(27,28)25-9-11-29-12-10-25/h3-8,13,15,19H,2,9-12,14H2,1H3/b8-5+. The molecule has 7 nitrogen and oxygen atoms in total. The first-order valence-corrected chi connectivity index (χ1v) is 12.2. The smallest absolute Gasteiger partial charge is 0.330 e. The highest BCUT2D eigenvalue weighted by Crippen LogP contribution is 2.40. The van der Waals surface area contributed by atoms with Gasteiger partial charge in [-0.3, -0.25) is 0 Å². The Morgan fingerprint density at radius 1 is 1.19 bits per heavy atom. The number of carbonyl (C=O) groups excluding carboxylic acids is 1. The minimum Gasteiger partial charge on any atom is -0.484 e. The van der Waals surface area contributed by atoms with Crippen LogP contribution in [0, 0.1) is 0 Å². The van der Waals surface area contributed by atoms with Crippen molar-refractivity contribution < 1.29 is 27.4 Å². The van der Waals surface area contributed by atoms with Crippen molar-refractivity contribution in [3.05, 3.63) is 59.1 Å². The molecule has 2 aromatic rings. The van der Waals surface area contributed by atoms with Crippen molar-refractivity contribution in [2.45, 2.75) is 24.3 Å². The zero-order valence-corrected chi connectivity index (χ0v) is 19.2. The van der Waals surface area contributed by atoms with Gasteiger partial charge in [0.25, 0.3) is 0 Å². The molecule has 170 valence electrons. The molecule has 32 heavy (non-hydrogen) atoms. The fraction of sp³-hybridized carbons (Fsp3) is 0.348. The van der Waals surface area contributed by atoms with Gasteiger partial charge in [0.05, 0.1) is 29.7 Å². The molecule has 1 atom stereocenters. The van der Waals surface area contributed by atoms with Crippen molar-refractivity contribution in [1.29, 1.82) is 0 Å². The molecule has 0 N–H and O–H groups in total. The molecule has 4 rings (SSSR count). The van der Waals surface area contributed by atoms with Crippen molar-refractivity contribution in [3.63, 3.8) is 0 Å². The lowest BCUT2D eigenvalue weighted by Gasteiger charge is -2.26. The first-order chi connectivity index (χ1) is 15.4. The van der Waals surface area contributed by atoms with E-state index in [1.165, 1.54) is 10.4 Å². The maximum atomic E-state index is 12.8. The average Bonchev–Trinajstić information content (AvgIpc) is 3.22. The van der Waals surface area contributed by atoms with Gasteiger partial charge in [-0.05, 0) is 48.4 Å². The van der Waals surface area contributed by atoms with Crippen molar-refractivity contribution in [3.8, 4) is 16.9 Å². The molecule has 0 aliphatic carbocycles. The largest absolute Gasteiger partial charge is 0.484 e. The molecule has 2 aliphatic heterocycles. The summed E-state index contributed by atoms with van der Waals surface area (Å²) in [7, 11) is -3.54. The highest BCUT2D eigenvalue weighted by atomic mass is 35.5. The highest BCUT2D eigenvalue weighted by Gasteiger charge is 2.27. The van der Waals surface area contributed by atoms with E-state index in [2.05, 4.69) is 0 Å². The Kier molecular flexibility index (Phi) is 6.85. The van der Waals surface area contributed by atoms with Crippen LogP contribution in [0.4, 0.5) is 0 Å². The van der Waals surface area contributed by atoms with Gasteiger partial charge in [0.15, 0.2) is 0 Å². The van der Waals surface area contributed by atoms with Crippen LogP contribution in [0.25, 0.3) is 11.1 Å². The van der Waals surface area contributed by atoms with E-state index in [1.807, 2.05) is 6.07 Å². The summed E-state index contributed by atoms with van der Waals surface area (Å²) in [4.78, 5) is 11.8. The van der Waals surface area contributed by atoms with Crippen molar-refractivity contribution in [2.24, 2.45) is 0 Å². The Balaban J connectivity index is 1.52. The zero-order valence-electron chi connectivity index (χ0n) is 17.6. The van der Waals surface area contributed by atoms with Crippen LogP contribution in [0.15, 0.2) is 53.4 Å². The molecular weight excluding hydrogens is 454 g/mol. The number of rotatable bonds is 6. The molecule has 0 spiro atoms. The summed E-state index contributed by atoms with van der Waals surface area (Å²) in [5, 5.41) is 0.467. The summed E-state index contributed by atoms with van der Waals surface area (Å²) in [6.07, 6.45) is 3.30. The van der Waals surface area contributed by atoms with Crippen molar-refractivity contribution in [2.75, 3.05) is 32.9 Å². The van der Waals surface area contributed by atoms with Crippen LogP contribution in [-0.2, 0) is 30.7 Å². The molecule has 1 fully saturated rings. The van der Waals surface area contributed by atoms with Gasteiger partial charge in [-0.25, -0.2) is 13.2 Å². The molecule has 2 aliphatic rings. The molecule has 1 saturated heterocycles. The number of benzene rings is 2. The quantitative estimate of drug-likeness (QED) is 0.468. The van der Waals surface area contributed by atoms with Gasteiger partial charge in [0, 0.05) is 31.1 Å². The normalized spacial score (nSPS) is 19.0. The van der Waals surface area contributed by atoms with Crippen LogP contribution >= 0.6 is 11.6 Å². The molecule has 0 saturated carbocycles. The number of hydrogen-bond acceptors (Lipinski definition) is 6. The van der Waals surface area contributed by atoms with Gasteiger partial charge < -0.3 is 14.2 Å². The van der Waals surface area contributed by atoms with Crippen LogP contribution < -0.4 is 4.74 Å². The second-order valence-corrected chi connectivity index (χ2v) is 9.80. The van der Waals surface area contributed by atoms with E-state index in [9.17, 15) is 13.2 Å². The Morgan fingerprint density at radius 3 is 2.59 bits per heavy atom. The van der Waals surface area contributed by atoms with E-state index in [0.717, 1.165) is 16.7 Å². The average molecular weight is 478 g/mol. The Labute approximate surface area is 192 Å². The number of morpholine rings is 1. The topological polar surface area (TPSA) is 82.1 Å². The van der Waals surface area contributed by atoms with Crippen LogP contribution in [0.2, 0.25) is 5.02 Å². The molecule has 0 amide bonds. The number of halogens is 1. The molecule has 9 heteroatoms. The molecule has 0 radical (unpaired) electrons. The van der Waals surface area contributed by atoms with Gasteiger partial charge in [0.1, 0.15) is 11.9 Å². The summed E-state index contributed by atoms with van der Waals surface area (Å²) in [5.41, 5.74) is 2.64. The van der Waals surface area contributed by atoms with Crippen LogP contribution in [-0.4, -0.2) is 57.7 Å². The lowest BCUT2D eigenvalue weighted by Crippen LogP contribution is -2.40. The van der Waals surface area contributed by atoms with Gasteiger partial charge in [-0.1, -0.05) is 23.7 Å². The summed E-state index contributed by atoms with van der Waals surface area (Å²) in [6, 6.07) is 10.6. The lowest BCUT2D eigenvalue weighted by molar-refractivity contribution is -0.137. The minimum absolute atomic E-state index is 0.253. The monoisotopic (exact) mass is 477 g/mol. The van der Waals surface area contributed by atoms with E-state index in [1.54, 1.807) is 43.3 Å². The predicted molar refractivity (Wildman–Crippen MR) is 120 cm³/mol. The van der Waals surface area contributed by atoms with Crippen molar-refractivity contribution in [1.82, 2.24) is 4.31 Å². The van der Waals surface area contributed by atoms with Crippen LogP contribution in [0.3, 0.4) is 0 Å². The van der Waals surface area contributed by atoms with Crippen LogP contribution in [0.1, 0.15) is 12.5 Å². The second kappa shape index (κ2) is 9.62. The molecule has 0 aromatic heterocycles. The zero-order chi connectivity index (χ0) is 22.7. The third kappa shape index (κ3) is 4.83. The van der Waals surface area contributed by atoms with E-state index in [0.29, 0.717) is 50.1 Å². The molecule has 0 bridgehead atoms. The predicted octanol–water partition coefficient (Wildman–Crippen LogP) is 3.45. The summed E-state index contributed by atoms with van der Waals surface area (Å²) < 4.78 is 43.1. The van der Waals surface area contributed by atoms with E-state index < -0.39 is 16.0 Å². The third-order valence-corrected chi connectivity index (χ3v) is 7.53. The van der Waals surface area contributed by atoms with Gasteiger partial charge in [0.2, 0.25) is 10.0 Å². The van der Waals surface area contributed by atoms with E-state index in [4.69, 9.17) is 25.8 Å².